The van der Waals surface area contributed by atoms with Crippen LogP contribution in [-0.4, -0.2) is 11.8 Å². The van der Waals surface area contributed by atoms with Gasteiger partial charge in [0.1, 0.15) is 0 Å². The van der Waals surface area contributed by atoms with Gasteiger partial charge in [0, 0.05) is 5.69 Å². The van der Waals surface area contributed by atoms with Crippen LogP contribution < -0.4 is 11.1 Å². The Morgan fingerprint density at radius 1 is 1.19 bits per heavy atom. The highest BCUT2D eigenvalue weighted by Crippen LogP contribution is 2.20. The van der Waals surface area contributed by atoms with Crippen LogP contribution >= 0.6 is 11.6 Å². The molecule has 0 spiro atoms. The predicted octanol–water partition coefficient (Wildman–Crippen LogP) is 2.93. The maximum Gasteiger partial charge on any atom is 0.250 e. The Bertz CT molecular complexity index is 698. The van der Waals surface area contributed by atoms with Gasteiger partial charge in [-0.2, -0.15) is 0 Å². The number of amides is 2. The maximum atomic E-state index is 12.0. The fourth-order valence-corrected chi connectivity index (χ4v) is 2.19. The van der Waals surface area contributed by atoms with Gasteiger partial charge in [-0.05, 0) is 36.2 Å². The second-order valence-electron chi connectivity index (χ2n) is 4.71. The number of rotatable bonds is 4. The average Bonchev–Trinajstić information content (AvgIpc) is 2.43. The molecule has 3 N–H and O–H groups in total. The first-order valence-electron chi connectivity index (χ1n) is 6.41. The summed E-state index contributed by atoms with van der Waals surface area (Å²) in [6.07, 6.45) is 0.265. The van der Waals surface area contributed by atoms with E-state index in [-0.39, 0.29) is 22.9 Å². The topological polar surface area (TPSA) is 72.2 Å². The van der Waals surface area contributed by atoms with E-state index in [9.17, 15) is 9.59 Å². The minimum atomic E-state index is -0.630. The lowest BCUT2D eigenvalue weighted by Gasteiger charge is -2.09. The number of benzene rings is 2. The molecule has 2 rings (SSSR count). The van der Waals surface area contributed by atoms with E-state index in [0.717, 1.165) is 11.1 Å². The van der Waals surface area contributed by atoms with Crippen molar-refractivity contribution < 1.29 is 9.59 Å². The molecule has 0 fully saturated rings. The molecule has 0 aliphatic carbocycles. The Hall–Kier alpha value is -2.33. The summed E-state index contributed by atoms with van der Waals surface area (Å²) in [5, 5.41) is 3.00. The lowest BCUT2D eigenvalue weighted by atomic mass is 10.1. The van der Waals surface area contributed by atoms with Gasteiger partial charge in [0.25, 0.3) is 0 Å². The number of nitrogens with one attached hydrogen (secondary N) is 1. The normalized spacial score (nSPS) is 10.2. The van der Waals surface area contributed by atoms with Gasteiger partial charge in [0.15, 0.2) is 0 Å². The Morgan fingerprint density at radius 2 is 1.90 bits per heavy atom. The Kier molecular flexibility index (Phi) is 4.60. The van der Waals surface area contributed by atoms with Gasteiger partial charge in [-0.25, -0.2) is 0 Å². The number of aryl methyl sites for hydroxylation is 1. The van der Waals surface area contributed by atoms with Gasteiger partial charge in [0.2, 0.25) is 11.8 Å². The van der Waals surface area contributed by atoms with Crippen LogP contribution in [0.4, 0.5) is 5.69 Å². The summed E-state index contributed by atoms with van der Waals surface area (Å²) in [5.41, 5.74) is 7.91. The number of hydrogen-bond donors (Lipinski definition) is 2. The third-order valence-electron chi connectivity index (χ3n) is 3.13. The second kappa shape index (κ2) is 6.41. The summed E-state index contributed by atoms with van der Waals surface area (Å²) in [5.74, 6) is -0.794. The van der Waals surface area contributed by atoms with Gasteiger partial charge in [-0.15, -0.1) is 0 Å². The predicted molar refractivity (Wildman–Crippen MR) is 83.5 cm³/mol. The Labute approximate surface area is 127 Å². The van der Waals surface area contributed by atoms with E-state index in [2.05, 4.69) is 5.32 Å². The Morgan fingerprint density at radius 3 is 2.57 bits per heavy atom. The molecule has 0 unspecified atom stereocenters. The first kappa shape index (κ1) is 15.1. The van der Waals surface area contributed by atoms with Gasteiger partial charge < -0.3 is 11.1 Å². The van der Waals surface area contributed by atoms with Gasteiger partial charge in [-0.3, -0.25) is 9.59 Å². The molecule has 0 aromatic heterocycles. The van der Waals surface area contributed by atoms with Crippen molar-refractivity contribution in [3.8, 4) is 0 Å². The smallest absolute Gasteiger partial charge is 0.250 e. The number of anilines is 1. The van der Waals surface area contributed by atoms with E-state index < -0.39 is 5.91 Å². The minimum absolute atomic E-state index is 0.165. The maximum absolute atomic E-state index is 12.0. The lowest BCUT2D eigenvalue weighted by molar-refractivity contribution is -0.115. The van der Waals surface area contributed by atoms with Gasteiger partial charge >= 0.3 is 0 Å². The summed E-state index contributed by atoms with van der Waals surface area (Å²) in [6.45, 7) is 1.95. The molecule has 0 saturated heterocycles. The van der Waals surface area contributed by atoms with Crippen molar-refractivity contribution >= 4 is 29.1 Å². The fraction of sp³-hybridized carbons (Fsp3) is 0.125. The monoisotopic (exact) mass is 302 g/mol. The van der Waals surface area contributed by atoms with E-state index in [1.54, 1.807) is 6.07 Å². The first-order chi connectivity index (χ1) is 9.97. The van der Waals surface area contributed by atoms with E-state index in [0.29, 0.717) is 5.69 Å². The molecule has 0 radical (unpaired) electrons. The van der Waals surface area contributed by atoms with Crippen LogP contribution in [0, 0.1) is 6.92 Å². The van der Waals surface area contributed by atoms with Crippen LogP contribution in [0.3, 0.4) is 0 Å². The van der Waals surface area contributed by atoms with Gasteiger partial charge in [0.05, 0.1) is 17.0 Å². The third kappa shape index (κ3) is 3.83. The number of hydrogen-bond acceptors (Lipinski definition) is 2. The highest BCUT2D eigenvalue weighted by atomic mass is 35.5. The fourth-order valence-electron chi connectivity index (χ4n) is 1.98. The Balaban J connectivity index is 2.12. The molecule has 0 bridgehead atoms. The van der Waals surface area contributed by atoms with Crippen molar-refractivity contribution in [2.75, 3.05) is 5.32 Å². The zero-order chi connectivity index (χ0) is 15.4. The molecule has 0 aliphatic rings. The number of nitrogens with two attached hydrogens (primary N) is 1. The molecule has 4 nitrogen and oxygen atoms in total. The van der Waals surface area contributed by atoms with E-state index in [1.807, 2.05) is 31.2 Å². The molecule has 0 aliphatic heterocycles. The highest BCUT2D eigenvalue weighted by molar-refractivity contribution is 6.34. The number of carbonyl (C=O) groups is 2. The van der Waals surface area contributed by atoms with E-state index in [1.165, 1.54) is 12.1 Å². The minimum Gasteiger partial charge on any atom is -0.366 e. The second-order valence-corrected chi connectivity index (χ2v) is 5.12. The summed E-state index contributed by atoms with van der Waals surface area (Å²) >= 11 is 5.86. The van der Waals surface area contributed by atoms with E-state index in [4.69, 9.17) is 17.3 Å². The van der Waals surface area contributed by atoms with Crippen LogP contribution in [0.5, 0.6) is 0 Å². The highest BCUT2D eigenvalue weighted by Gasteiger charge is 2.10. The van der Waals surface area contributed by atoms with Crippen molar-refractivity contribution in [3.05, 3.63) is 64.2 Å². The molecular formula is C16H15ClN2O2. The van der Waals surface area contributed by atoms with Crippen molar-refractivity contribution in [2.45, 2.75) is 13.3 Å². The molecule has 108 valence electrons. The SMILES string of the molecule is Cc1ccccc1CC(=O)Nc1ccc(Cl)c(C(N)=O)c1. The van der Waals surface area contributed by atoms with Crippen molar-refractivity contribution in [1.29, 1.82) is 0 Å². The van der Waals surface area contributed by atoms with Crippen LogP contribution in [0.2, 0.25) is 5.02 Å². The molecule has 5 heteroatoms. The summed E-state index contributed by atoms with van der Waals surface area (Å²) in [7, 11) is 0. The lowest BCUT2D eigenvalue weighted by Crippen LogP contribution is -2.16. The molecule has 0 atom stereocenters. The van der Waals surface area contributed by atoms with Crippen LogP contribution in [0.1, 0.15) is 21.5 Å². The average molecular weight is 303 g/mol. The zero-order valence-electron chi connectivity index (χ0n) is 11.5. The molecule has 2 aromatic rings. The van der Waals surface area contributed by atoms with Crippen LogP contribution in [-0.2, 0) is 11.2 Å². The third-order valence-corrected chi connectivity index (χ3v) is 3.46. The summed E-state index contributed by atoms with van der Waals surface area (Å²) < 4.78 is 0. The largest absolute Gasteiger partial charge is 0.366 e. The molecule has 0 saturated carbocycles. The molecule has 0 heterocycles. The molecule has 2 aromatic carbocycles. The van der Waals surface area contributed by atoms with Gasteiger partial charge in [-0.1, -0.05) is 35.9 Å². The number of halogens is 1. The summed E-state index contributed by atoms with van der Waals surface area (Å²) in [4.78, 5) is 23.3. The van der Waals surface area contributed by atoms with Crippen molar-refractivity contribution in [3.63, 3.8) is 0 Å². The van der Waals surface area contributed by atoms with Crippen molar-refractivity contribution in [1.82, 2.24) is 0 Å². The van der Waals surface area contributed by atoms with Crippen LogP contribution in [0.15, 0.2) is 42.5 Å². The zero-order valence-corrected chi connectivity index (χ0v) is 12.3. The standard InChI is InChI=1S/C16H15ClN2O2/c1-10-4-2-3-5-11(10)8-15(20)19-12-6-7-14(17)13(9-12)16(18)21/h2-7,9H,8H2,1H3,(H2,18,21)(H,19,20). The van der Waals surface area contributed by atoms with Crippen LogP contribution in [0.25, 0.3) is 0 Å². The van der Waals surface area contributed by atoms with E-state index >= 15 is 0 Å². The number of primary amides is 1. The summed E-state index contributed by atoms with van der Waals surface area (Å²) in [6, 6.07) is 12.3. The van der Waals surface area contributed by atoms with Crippen molar-refractivity contribution in [2.24, 2.45) is 5.73 Å². The number of carbonyl (C=O) groups excluding carboxylic acids is 2. The first-order valence-corrected chi connectivity index (χ1v) is 6.79. The molecule has 21 heavy (non-hydrogen) atoms. The molecule has 2 amide bonds. The quantitative estimate of drug-likeness (QED) is 0.911. The molecular weight excluding hydrogens is 288 g/mol.